The lowest BCUT2D eigenvalue weighted by Crippen LogP contribution is -2.18. The van der Waals surface area contributed by atoms with Gasteiger partial charge in [0.05, 0.1) is 0 Å². The Labute approximate surface area is 118 Å². The molecule has 1 aromatic rings. The van der Waals surface area contributed by atoms with Crippen molar-refractivity contribution in [3.63, 3.8) is 0 Å². The molecular formula is C17H23NS. The molecule has 2 heteroatoms. The highest BCUT2D eigenvalue weighted by Gasteiger charge is 2.21. The smallest absolute Gasteiger partial charge is 0.0145 e. The first kappa shape index (κ1) is 14.2. The van der Waals surface area contributed by atoms with Crippen LogP contribution in [0.5, 0.6) is 0 Å². The molecule has 0 amide bonds. The third-order valence-corrected chi connectivity index (χ3v) is 5.96. The Bertz CT molecular complexity index is 509. The first-order chi connectivity index (χ1) is 9.15. The van der Waals surface area contributed by atoms with E-state index < -0.39 is 10.2 Å². The molecule has 0 spiro atoms. The Kier molecular flexibility index (Phi) is 4.67. The van der Waals surface area contributed by atoms with Crippen molar-refractivity contribution in [3.8, 4) is 0 Å². The normalized spacial score (nSPS) is 24.7. The molecule has 1 aliphatic rings. The lowest BCUT2D eigenvalue weighted by Gasteiger charge is -2.31. The maximum absolute atomic E-state index is 3.69. The van der Waals surface area contributed by atoms with Crippen molar-refractivity contribution in [2.45, 2.75) is 20.8 Å². The van der Waals surface area contributed by atoms with Gasteiger partial charge in [-0.05, 0) is 41.9 Å². The van der Waals surface area contributed by atoms with Crippen LogP contribution in [0.2, 0.25) is 0 Å². The molecule has 1 unspecified atom stereocenters. The molecule has 0 radical (unpaired) electrons. The molecule has 2 rings (SSSR count). The van der Waals surface area contributed by atoms with E-state index >= 15 is 0 Å². The van der Waals surface area contributed by atoms with Crippen LogP contribution in [-0.4, -0.2) is 12.3 Å². The summed E-state index contributed by atoms with van der Waals surface area (Å²) in [5.41, 5.74) is 4.04. The summed E-state index contributed by atoms with van der Waals surface area (Å²) < 4.78 is 3.69. The molecule has 1 atom stereocenters. The molecule has 0 saturated heterocycles. The van der Waals surface area contributed by atoms with E-state index in [1.807, 2.05) is 0 Å². The summed E-state index contributed by atoms with van der Waals surface area (Å²) in [4.78, 5) is 0. The van der Waals surface area contributed by atoms with Crippen LogP contribution in [0.3, 0.4) is 0 Å². The highest BCUT2D eigenvalue weighted by atomic mass is 32.3. The van der Waals surface area contributed by atoms with Gasteiger partial charge in [0.25, 0.3) is 0 Å². The van der Waals surface area contributed by atoms with Crippen molar-refractivity contribution >= 4 is 15.8 Å². The lowest BCUT2D eigenvalue weighted by atomic mass is 10.1. The minimum absolute atomic E-state index is 0.973. The Balaban J connectivity index is 2.26. The second kappa shape index (κ2) is 6.27. The summed E-state index contributed by atoms with van der Waals surface area (Å²) in [6, 6.07) is 10.6. The predicted octanol–water partition coefficient (Wildman–Crippen LogP) is 4.85. The van der Waals surface area contributed by atoms with Crippen molar-refractivity contribution in [1.29, 1.82) is 0 Å². The van der Waals surface area contributed by atoms with Gasteiger partial charge in [-0.1, -0.05) is 48.9 Å². The minimum Gasteiger partial charge on any atom is -0.274 e. The van der Waals surface area contributed by atoms with E-state index in [0.717, 1.165) is 12.3 Å². The molecule has 0 fully saturated rings. The summed E-state index contributed by atoms with van der Waals surface area (Å²) in [7, 11) is -0.973. The Morgan fingerprint density at radius 1 is 1.21 bits per heavy atom. The van der Waals surface area contributed by atoms with Crippen LogP contribution >= 0.6 is 10.2 Å². The van der Waals surface area contributed by atoms with E-state index in [0.29, 0.717) is 0 Å². The van der Waals surface area contributed by atoms with Gasteiger partial charge in [0.1, 0.15) is 0 Å². The molecule has 19 heavy (non-hydrogen) atoms. The zero-order valence-corrected chi connectivity index (χ0v) is 12.8. The van der Waals surface area contributed by atoms with Gasteiger partial charge in [0.15, 0.2) is 0 Å². The molecule has 1 nitrogen and oxygen atoms in total. The maximum atomic E-state index is 3.69. The van der Waals surface area contributed by atoms with Gasteiger partial charge in [-0.2, -0.15) is 0 Å². The maximum Gasteiger partial charge on any atom is 0.0145 e. The van der Waals surface area contributed by atoms with Gasteiger partial charge < -0.3 is 0 Å². The fourth-order valence-corrected chi connectivity index (χ4v) is 4.91. The summed E-state index contributed by atoms with van der Waals surface area (Å²) in [5, 5.41) is 4.81. The van der Waals surface area contributed by atoms with E-state index in [4.69, 9.17) is 0 Å². The van der Waals surface area contributed by atoms with Crippen molar-refractivity contribution < 1.29 is 0 Å². The number of benzene rings is 1. The zero-order chi connectivity index (χ0) is 13.7. The summed E-state index contributed by atoms with van der Waals surface area (Å²) in [6.07, 6.45) is 4.61. The average molecular weight is 273 g/mol. The minimum atomic E-state index is -0.973. The van der Waals surface area contributed by atoms with Gasteiger partial charge >= 0.3 is 0 Å². The summed E-state index contributed by atoms with van der Waals surface area (Å²) in [5.74, 6) is 1.09. The number of hydrogen-bond donors (Lipinski definition) is 1. The third-order valence-electron chi connectivity index (χ3n) is 3.12. The van der Waals surface area contributed by atoms with Crippen LogP contribution in [0.4, 0.5) is 0 Å². The second-order valence-electron chi connectivity index (χ2n) is 5.04. The SMILES string of the molecule is CCNS1(CC=C(C)C)C=CC(c2ccccc2)=C1. The molecular weight excluding hydrogens is 250 g/mol. The van der Waals surface area contributed by atoms with Gasteiger partial charge in [0, 0.05) is 12.3 Å². The molecule has 1 aromatic carbocycles. The van der Waals surface area contributed by atoms with Crippen molar-refractivity contribution in [2.24, 2.45) is 0 Å². The van der Waals surface area contributed by atoms with E-state index in [1.165, 1.54) is 16.7 Å². The Hall–Kier alpha value is -1.25. The fourth-order valence-electron chi connectivity index (χ4n) is 2.12. The Morgan fingerprint density at radius 2 is 1.95 bits per heavy atom. The topological polar surface area (TPSA) is 12.0 Å². The first-order valence-electron chi connectivity index (χ1n) is 6.79. The first-order valence-corrected chi connectivity index (χ1v) is 8.72. The van der Waals surface area contributed by atoms with E-state index in [-0.39, 0.29) is 0 Å². The molecule has 102 valence electrons. The van der Waals surface area contributed by atoms with E-state index in [9.17, 15) is 0 Å². The van der Waals surface area contributed by atoms with Crippen molar-refractivity contribution in [3.05, 3.63) is 64.4 Å². The molecule has 1 aliphatic heterocycles. The second-order valence-corrected chi connectivity index (χ2v) is 7.87. The van der Waals surface area contributed by atoms with E-state index in [1.54, 1.807) is 0 Å². The highest BCUT2D eigenvalue weighted by molar-refractivity contribution is 8.37. The Morgan fingerprint density at radius 3 is 2.58 bits per heavy atom. The molecule has 1 heterocycles. The largest absolute Gasteiger partial charge is 0.274 e. The van der Waals surface area contributed by atoms with Crippen LogP contribution in [0.1, 0.15) is 26.3 Å². The van der Waals surface area contributed by atoms with Crippen LogP contribution in [0.15, 0.2) is 58.9 Å². The number of rotatable bonds is 5. The molecule has 0 saturated carbocycles. The molecule has 0 aromatic heterocycles. The van der Waals surface area contributed by atoms with Gasteiger partial charge in [-0.15, -0.1) is 10.2 Å². The standard InChI is InChI=1S/C17H23NS/c1-4-18-19(12-10-15(2)3)13-11-17(14-19)16-8-6-5-7-9-16/h5-11,13-14,18H,4,12H2,1-3H3. The van der Waals surface area contributed by atoms with Gasteiger partial charge in [0.2, 0.25) is 0 Å². The van der Waals surface area contributed by atoms with Gasteiger partial charge in [-0.25, -0.2) is 0 Å². The molecule has 0 aliphatic carbocycles. The van der Waals surface area contributed by atoms with Crippen molar-refractivity contribution in [2.75, 3.05) is 12.3 Å². The van der Waals surface area contributed by atoms with Crippen LogP contribution in [0.25, 0.3) is 5.57 Å². The number of allylic oxidation sites excluding steroid dienone is 3. The molecule has 1 N–H and O–H groups in total. The molecule has 0 bridgehead atoms. The van der Waals surface area contributed by atoms with Gasteiger partial charge in [-0.3, -0.25) is 4.72 Å². The van der Waals surface area contributed by atoms with Crippen LogP contribution < -0.4 is 4.72 Å². The fraction of sp³-hybridized carbons (Fsp3) is 0.294. The predicted molar refractivity (Wildman–Crippen MR) is 89.1 cm³/mol. The summed E-state index contributed by atoms with van der Waals surface area (Å²) in [6.45, 7) is 7.52. The summed E-state index contributed by atoms with van der Waals surface area (Å²) >= 11 is 0. The number of nitrogens with one attached hydrogen (secondary N) is 1. The third kappa shape index (κ3) is 3.62. The van der Waals surface area contributed by atoms with Crippen LogP contribution in [0, 0.1) is 0 Å². The van der Waals surface area contributed by atoms with Crippen molar-refractivity contribution in [1.82, 2.24) is 4.72 Å². The lowest BCUT2D eigenvalue weighted by molar-refractivity contribution is 1.02. The quantitative estimate of drug-likeness (QED) is 0.756. The zero-order valence-electron chi connectivity index (χ0n) is 12.0. The monoisotopic (exact) mass is 273 g/mol. The van der Waals surface area contributed by atoms with E-state index in [2.05, 4.69) is 78.8 Å². The highest BCUT2D eigenvalue weighted by Crippen LogP contribution is 2.53. The number of hydrogen-bond acceptors (Lipinski definition) is 1. The van der Waals surface area contributed by atoms with Crippen LogP contribution in [-0.2, 0) is 0 Å². The average Bonchev–Trinajstić information content (AvgIpc) is 2.83.